The summed E-state index contributed by atoms with van der Waals surface area (Å²) in [6.07, 6.45) is -4.51. The SMILES string of the molecule is CC(C)(C)n1nc(-c2cccc(C(F)(F)F)c2)cc1Nc1cc(O)cc(O)c1C(=O)N1Cc2ccccc2C1. The number of fused-ring (bicyclic) bond motifs is 1. The van der Waals surface area contributed by atoms with Crippen molar-refractivity contribution in [3.8, 4) is 22.8 Å². The second-order valence-corrected chi connectivity index (χ2v) is 10.5. The van der Waals surface area contributed by atoms with Gasteiger partial charge in [0.05, 0.1) is 22.5 Å². The summed E-state index contributed by atoms with van der Waals surface area (Å²) in [6.45, 7) is 6.35. The van der Waals surface area contributed by atoms with Gasteiger partial charge in [-0.1, -0.05) is 36.4 Å². The summed E-state index contributed by atoms with van der Waals surface area (Å²) in [5.74, 6) is -0.751. The quantitative estimate of drug-likeness (QED) is 0.272. The van der Waals surface area contributed by atoms with E-state index in [2.05, 4.69) is 10.4 Å². The smallest absolute Gasteiger partial charge is 0.416 e. The van der Waals surface area contributed by atoms with Gasteiger partial charge in [-0.3, -0.25) is 4.79 Å². The lowest BCUT2D eigenvalue weighted by atomic mass is 10.1. The van der Waals surface area contributed by atoms with Gasteiger partial charge in [0.1, 0.15) is 22.9 Å². The number of hydrogen-bond acceptors (Lipinski definition) is 5. The number of carbonyl (C=O) groups is 1. The molecule has 0 spiro atoms. The van der Waals surface area contributed by atoms with Gasteiger partial charge in [0, 0.05) is 36.9 Å². The van der Waals surface area contributed by atoms with Gasteiger partial charge in [0.25, 0.3) is 5.91 Å². The molecule has 0 unspecified atom stereocenters. The van der Waals surface area contributed by atoms with Crippen molar-refractivity contribution < 1.29 is 28.2 Å². The molecular formula is C29H27F3N4O3. The van der Waals surface area contributed by atoms with Gasteiger partial charge < -0.3 is 20.4 Å². The van der Waals surface area contributed by atoms with Crippen LogP contribution in [0.2, 0.25) is 0 Å². The maximum absolute atomic E-state index is 13.6. The summed E-state index contributed by atoms with van der Waals surface area (Å²) in [5, 5.41) is 28.7. The van der Waals surface area contributed by atoms with Crippen molar-refractivity contribution in [2.24, 2.45) is 0 Å². The van der Waals surface area contributed by atoms with E-state index in [9.17, 15) is 28.2 Å². The molecule has 0 aliphatic carbocycles. The highest BCUT2D eigenvalue weighted by Gasteiger charge is 2.32. The Kier molecular flexibility index (Phi) is 6.28. The molecule has 3 aromatic carbocycles. The number of rotatable bonds is 4. The van der Waals surface area contributed by atoms with E-state index in [1.807, 2.05) is 45.0 Å². The summed E-state index contributed by atoms with van der Waals surface area (Å²) >= 11 is 0. The molecule has 10 heteroatoms. The molecule has 3 N–H and O–H groups in total. The number of amides is 1. The highest BCUT2D eigenvalue weighted by Crippen LogP contribution is 2.38. The minimum atomic E-state index is -4.51. The fourth-order valence-corrected chi connectivity index (χ4v) is 4.69. The molecule has 7 nitrogen and oxygen atoms in total. The zero-order valence-electron chi connectivity index (χ0n) is 21.5. The maximum Gasteiger partial charge on any atom is 0.416 e. The third-order valence-corrected chi connectivity index (χ3v) is 6.54. The largest absolute Gasteiger partial charge is 0.508 e. The number of benzene rings is 3. The Bertz CT molecular complexity index is 1550. The number of phenolic OH excluding ortho intramolecular Hbond substituents is 2. The van der Waals surface area contributed by atoms with Crippen LogP contribution in [0, 0.1) is 0 Å². The molecule has 0 fully saturated rings. The molecule has 1 aromatic heterocycles. The standard InChI is InChI=1S/C29H27F3N4O3/c1-28(2,3)36-25(14-22(34-36)17-9-6-10-20(11-17)29(30,31)32)33-23-12-21(37)13-24(38)26(23)27(39)35-15-18-7-4-5-8-19(18)16-35/h4-14,33,37-38H,15-16H2,1-3H3. The van der Waals surface area contributed by atoms with Crippen molar-refractivity contribution in [3.63, 3.8) is 0 Å². The number of aromatic nitrogens is 2. The van der Waals surface area contributed by atoms with Crippen LogP contribution >= 0.6 is 0 Å². The lowest BCUT2D eigenvalue weighted by Crippen LogP contribution is -2.27. The first kappa shape index (κ1) is 26.1. The summed E-state index contributed by atoms with van der Waals surface area (Å²) < 4.78 is 41.6. The average Bonchev–Trinajstić information content (AvgIpc) is 3.48. The van der Waals surface area contributed by atoms with Crippen LogP contribution in [0.15, 0.2) is 66.7 Å². The van der Waals surface area contributed by atoms with Crippen molar-refractivity contribution in [1.29, 1.82) is 0 Å². The monoisotopic (exact) mass is 536 g/mol. The van der Waals surface area contributed by atoms with Crippen LogP contribution in [-0.2, 0) is 24.8 Å². The van der Waals surface area contributed by atoms with Gasteiger partial charge >= 0.3 is 6.18 Å². The first-order valence-corrected chi connectivity index (χ1v) is 12.3. The van der Waals surface area contributed by atoms with E-state index in [4.69, 9.17) is 0 Å². The molecule has 2 heterocycles. The highest BCUT2D eigenvalue weighted by atomic mass is 19.4. The second-order valence-electron chi connectivity index (χ2n) is 10.5. The van der Waals surface area contributed by atoms with Crippen LogP contribution in [0.25, 0.3) is 11.3 Å². The molecule has 1 aliphatic rings. The molecule has 0 saturated carbocycles. The number of halogens is 3. The van der Waals surface area contributed by atoms with E-state index in [1.54, 1.807) is 15.6 Å². The van der Waals surface area contributed by atoms with Crippen LogP contribution in [0.5, 0.6) is 11.5 Å². The van der Waals surface area contributed by atoms with Gasteiger partial charge in [-0.15, -0.1) is 0 Å². The molecule has 1 aliphatic heterocycles. The molecule has 39 heavy (non-hydrogen) atoms. The lowest BCUT2D eigenvalue weighted by molar-refractivity contribution is -0.137. The topological polar surface area (TPSA) is 90.6 Å². The predicted molar refractivity (Wildman–Crippen MR) is 141 cm³/mol. The molecule has 0 atom stereocenters. The summed E-state index contributed by atoms with van der Waals surface area (Å²) in [7, 11) is 0. The van der Waals surface area contributed by atoms with Crippen LogP contribution in [0.4, 0.5) is 24.7 Å². The first-order chi connectivity index (χ1) is 18.3. The Hall–Kier alpha value is -4.47. The summed E-state index contributed by atoms with van der Waals surface area (Å²) in [4.78, 5) is 15.2. The minimum Gasteiger partial charge on any atom is -0.508 e. The van der Waals surface area contributed by atoms with Crippen LogP contribution in [-0.4, -0.2) is 30.8 Å². The minimum absolute atomic E-state index is 0.0390. The number of nitrogens with one attached hydrogen (secondary N) is 1. The third-order valence-electron chi connectivity index (χ3n) is 6.54. The number of anilines is 2. The van der Waals surface area contributed by atoms with E-state index in [-0.39, 0.29) is 28.3 Å². The number of carbonyl (C=O) groups excluding carboxylic acids is 1. The van der Waals surface area contributed by atoms with Crippen LogP contribution in [0.1, 0.15) is 47.8 Å². The van der Waals surface area contributed by atoms with Gasteiger partial charge in [0.2, 0.25) is 0 Å². The fourth-order valence-electron chi connectivity index (χ4n) is 4.69. The van der Waals surface area contributed by atoms with Crippen molar-refractivity contribution in [2.75, 3.05) is 5.32 Å². The Balaban J connectivity index is 1.55. The Morgan fingerprint density at radius 3 is 2.21 bits per heavy atom. The van der Waals surface area contributed by atoms with Crippen molar-refractivity contribution in [2.45, 2.75) is 45.6 Å². The van der Waals surface area contributed by atoms with E-state index in [0.717, 1.165) is 29.3 Å². The van der Waals surface area contributed by atoms with Crippen LogP contribution < -0.4 is 5.32 Å². The van der Waals surface area contributed by atoms with E-state index >= 15 is 0 Å². The first-order valence-electron chi connectivity index (χ1n) is 12.3. The highest BCUT2D eigenvalue weighted by molar-refractivity contribution is 6.03. The fraction of sp³-hybridized carbons (Fsp3) is 0.241. The van der Waals surface area contributed by atoms with Gasteiger partial charge in [0.15, 0.2) is 0 Å². The molecule has 5 rings (SSSR count). The number of aromatic hydroxyl groups is 2. The number of phenols is 2. The molecule has 202 valence electrons. The van der Waals surface area contributed by atoms with Gasteiger partial charge in [-0.25, -0.2) is 4.68 Å². The Labute approximate surface area is 223 Å². The maximum atomic E-state index is 13.6. The molecule has 1 amide bonds. The summed E-state index contributed by atoms with van der Waals surface area (Å²) in [6, 6.07) is 16.5. The normalized spacial score (nSPS) is 13.4. The van der Waals surface area contributed by atoms with E-state index in [0.29, 0.717) is 18.9 Å². The number of hydrogen-bond donors (Lipinski definition) is 3. The average molecular weight is 537 g/mol. The van der Waals surface area contributed by atoms with Crippen LogP contribution in [0.3, 0.4) is 0 Å². The Morgan fingerprint density at radius 1 is 0.923 bits per heavy atom. The molecular weight excluding hydrogens is 509 g/mol. The summed E-state index contributed by atoms with van der Waals surface area (Å²) in [5.41, 5.74) is 1.26. The molecule has 0 saturated heterocycles. The lowest BCUT2D eigenvalue weighted by Gasteiger charge is -2.24. The zero-order chi connectivity index (χ0) is 28.1. The number of nitrogens with zero attached hydrogens (tertiary/aromatic N) is 3. The van der Waals surface area contributed by atoms with Gasteiger partial charge in [-0.05, 0) is 44.0 Å². The molecule has 4 aromatic rings. The second kappa shape index (κ2) is 9.37. The van der Waals surface area contributed by atoms with Crippen molar-refractivity contribution in [1.82, 2.24) is 14.7 Å². The molecule has 0 radical (unpaired) electrons. The van der Waals surface area contributed by atoms with Gasteiger partial charge in [-0.2, -0.15) is 18.3 Å². The zero-order valence-corrected chi connectivity index (χ0v) is 21.5. The Morgan fingerprint density at radius 2 is 1.59 bits per heavy atom. The van der Waals surface area contributed by atoms with E-state index in [1.165, 1.54) is 18.2 Å². The predicted octanol–water partition coefficient (Wildman–Crippen LogP) is 6.63. The number of alkyl halides is 3. The van der Waals surface area contributed by atoms with Crippen molar-refractivity contribution >= 4 is 17.4 Å². The third kappa shape index (κ3) is 5.14. The van der Waals surface area contributed by atoms with E-state index < -0.39 is 28.9 Å². The van der Waals surface area contributed by atoms with Crippen molar-refractivity contribution in [3.05, 3.63) is 89.0 Å². The molecule has 0 bridgehead atoms.